The van der Waals surface area contributed by atoms with Crippen molar-refractivity contribution in [2.24, 2.45) is 5.92 Å². The lowest BCUT2D eigenvalue weighted by molar-refractivity contribution is -0.121. The number of amides is 1. The number of carbonyl (C=O) groups is 1. The molecule has 0 unspecified atom stereocenters. The highest BCUT2D eigenvalue weighted by atomic mass is 16.5. The highest BCUT2D eigenvalue weighted by Crippen LogP contribution is 2.32. The van der Waals surface area contributed by atoms with E-state index in [0.29, 0.717) is 19.0 Å². The Kier molecular flexibility index (Phi) is 3.06. The minimum Gasteiger partial charge on any atom is -0.490 e. The van der Waals surface area contributed by atoms with Crippen molar-refractivity contribution in [1.82, 2.24) is 5.32 Å². The zero-order valence-corrected chi connectivity index (χ0v) is 10.1. The van der Waals surface area contributed by atoms with E-state index in [1.807, 2.05) is 18.2 Å². The van der Waals surface area contributed by atoms with Gasteiger partial charge in [-0.2, -0.15) is 0 Å². The van der Waals surface area contributed by atoms with E-state index < -0.39 is 0 Å². The van der Waals surface area contributed by atoms with Gasteiger partial charge in [-0.1, -0.05) is 0 Å². The number of anilines is 1. The average molecular weight is 248 g/mol. The number of benzene rings is 1. The van der Waals surface area contributed by atoms with Gasteiger partial charge in [-0.3, -0.25) is 4.79 Å². The van der Waals surface area contributed by atoms with Crippen LogP contribution in [0.4, 0.5) is 5.69 Å². The second-order valence-corrected chi connectivity index (χ2v) is 4.56. The van der Waals surface area contributed by atoms with Gasteiger partial charge in [0.05, 0.1) is 19.1 Å². The van der Waals surface area contributed by atoms with E-state index in [4.69, 9.17) is 9.47 Å². The van der Waals surface area contributed by atoms with Gasteiger partial charge in [0.1, 0.15) is 0 Å². The largest absolute Gasteiger partial charge is 0.490 e. The van der Waals surface area contributed by atoms with Gasteiger partial charge in [0.2, 0.25) is 5.91 Å². The molecule has 2 aliphatic rings. The van der Waals surface area contributed by atoms with Gasteiger partial charge in [0.25, 0.3) is 0 Å². The van der Waals surface area contributed by atoms with Crippen LogP contribution in [0, 0.1) is 5.92 Å². The van der Waals surface area contributed by atoms with Gasteiger partial charge in [-0.05, 0) is 12.1 Å². The summed E-state index contributed by atoms with van der Waals surface area (Å²) < 4.78 is 11.1. The van der Waals surface area contributed by atoms with E-state index in [0.717, 1.165) is 30.9 Å². The predicted octanol–water partition coefficient (Wildman–Crippen LogP) is 1.01. The quantitative estimate of drug-likeness (QED) is 0.820. The molecular formula is C13H16N2O3. The molecule has 2 N–H and O–H groups in total. The molecule has 0 aliphatic carbocycles. The Morgan fingerprint density at radius 3 is 2.72 bits per heavy atom. The highest BCUT2D eigenvalue weighted by Gasteiger charge is 2.25. The number of fused-ring (bicyclic) bond motifs is 1. The van der Waals surface area contributed by atoms with E-state index >= 15 is 0 Å². The maximum absolute atomic E-state index is 11.8. The monoisotopic (exact) mass is 248 g/mol. The number of hydrogen-bond acceptors (Lipinski definition) is 4. The molecule has 0 spiro atoms. The van der Waals surface area contributed by atoms with E-state index in [9.17, 15) is 4.79 Å². The Morgan fingerprint density at radius 2 is 2.00 bits per heavy atom. The molecule has 3 rings (SSSR count). The molecule has 5 nitrogen and oxygen atoms in total. The average Bonchev–Trinajstić information content (AvgIpc) is 2.51. The molecule has 18 heavy (non-hydrogen) atoms. The summed E-state index contributed by atoms with van der Waals surface area (Å²) in [5.41, 5.74) is 0.760. The first-order chi connectivity index (χ1) is 8.83. The van der Waals surface area contributed by atoms with E-state index in [1.165, 1.54) is 0 Å². The summed E-state index contributed by atoms with van der Waals surface area (Å²) in [6, 6.07) is 5.51. The molecule has 0 aromatic heterocycles. The lowest BCUT2D eigenvalue weighted by atomic mass is 10.0. The molecule has 2 heterocycles. The van der Waals surface area contributed by atoms with Crippen LogP contribution in [0.15, 0.2) is 18.2 Å². The number of hydrogen-bond donors (Lipinski definition) is 2. The molecule has 1 fully saturated rings. The molecule has 0 atom stereocenters. The fourth-order valence-electron chi connectivity index (χ4n) is 1.96. The molecule has 1 saturated heterocycles. The van der Waals surface area contributed by atoms with Crippen molar-refractivity contribution in [2.45, 2.75) is 6.42 Å². The number of ether oxygens (including phenoxy) is 2. The fourth-order valence-corrected chi connectivity index (χ4v) is 1.96. The Bertz CT molecular complexity index is 458. The molecule has 0 radical (unpaired) electrons. The molecule has 1 aromatic carbocycles. The molecule has 5 heteroatoms. The summed E-state index contributed by atoms with van der Waals surface area (Å²) in [5, 5.41) is 5.98. The van der Waals surface area contributed by atoms with Crippen LogP contribution in [0.5, 0.6) is 11.5 Å². The van der Waals surface area contributed by atoms with Crippen molar-refractivity contribution in [3.63, 3.8) is 0 Å². The van der Waals surface area contributed by atoms with Crippen LogP contribution in [0.1, 0.15) is 6.42 Å². The Balaban J connectivity index is 1.72. The zero-order chi connectivity index (χ0) is 12.4. The van der Waals surface area contributed by atoms with Crippen LogP contribution < -0.4 is 20.1 Å². The molecule has 0 bridgehead atoms. The Hall–Kier alpha value is -1.75. The summed E-state index contributed by atoms with van der Waals surface area (Å²) in [6.07, 6.45) is 0.879. The first kappa shape index (κ1) is 11.3. The van der Waals surface area contributed by atoms with E-state index in [2.05, 4.69) is 10.6 Å². The summed E-state index contributed by atoms with van der Waals surface area (Å²) >= 11 is 0. The summed E-state index contributed by atoms with van der Waals surface area (Å²) in [4.78, 5) is 11.8. The smallest absolute Gasteiger partial charge is 0.230 e. The third-order valence-corrected chi connectivity index (χ3v) is 3.17. The molecule has 0 saturated carbocycles. The first-order valence-corrected chi connectivity index (χ1v) is 6.24. The molecule has 2 aliphatic heterocycles. The minimum absolute atomic E-state index is 0.0586. The van der Waals surface area contributed by atoms with Crippen molar-refractivity contribution in [3.05, 3.63) is 18.2 Å². The summed E-state index contributed by atoms with van der Waals surface area (Å²) in [5.74, 6) is 1.59. The third kappa shape index (κ3) is 2.26. The van der Waals surface area contributed by atoms with Gasteiger partial charge in [-0.15, -0.1) is 0 Å². The SMILES string of the molecule is O=C(Nc1ccc2c(c1)OCCCO2)C1CNC1. The molecule has 1 aromatic rings. The van der Waals surface area contributed by atoms with Crippen LogP contribution in [-0.4, -0.2) is 32.2 Å². The zero-order valence-electron chi connectivity index (χ0n) is 10.1. The van der Waals surface area contributed by atoms with Crippen LogP contribution in [0.3, 0.4) is 0 Å². The van der Waals surface area contributed by atoms with Crippen LogP contribution in [0.25, 0.3) is 0 Å². The third-order valence-electron chi connectivity index (χ3n) is 3.17. The Morgan fingerprint density at radius 1 is 1.22 bits per heavy atom. The molecule has 1 amide bonds. The second kappa shape index (κ2) is 4.86. The van der Waals surface area contributed by atoms with Crippen molar-refractivity contribution in [1.29, 1.82) is 0 Å². The van der Waals surface area contributed by atoms with Gasteiger partial charge < -0.3 is 20.1 Å². The van der Waals surface area contributed by atoms with Gasteiger partial charge in [0, 0.05) is 31.3 Å². The lowest BCUT2D eigenvalue weighted by Gasteiger charge is -2.25. The topological polar surface area (TPSA) is 59.6 Å². The first-order valence-electron chi connectivity index (χ1n) is 6.24. The van der Waals surface area contributed by atoms with Crippen LogP contribution in [-0.2, 0) is 4.79 Å². The maximum atomic E-state index is 11.8. The highest BCUT2D eigenvalue weighted by molar-refractivity contribution is 5.93. The second-order valence-electron chi connectivity index (χ2n) is 4.56. The normalized spacial score (nSPS) is 18.7. The standard InChI is InChI=1S/C13H16N2O3/c16-13(9-7-14-8-9)15-10-2-3-11-12(6-10)18-5-1-4-17-11/h2-3,6,9,14H,1,4-5,7-8H2,(H,15,16). The van der Waals surface area contributed by atoms with Gasteiger partial charge in [-0.25, -0.2) is 0 Å². The van der Waals surface area contributed by atoms with Crippen molar-refractivity contribution < 1.29 is 14.3 Å². The van der Waals surface area contributed by atoms with E-state index in [1.54, 1.807) is 0 Å². The lowest BCUT2D eigenvalue weighted by Crippen LogP contribution is -2.48. The predicted molar refractivity (Wildman–Crippen MR) is 67.0 cm³/mol. The maximum Gasteiger partial charge on any atom is 0.230 e. The van der Waals surface area contributed by atoms with E-state index in [-0.39, 0.29) is 11.8 Å². The van der Waals surface area contributed by atoms with Crippen molar-refractivity contribution >= 4 is 11.6 Å². The summed E-state index contributed by atoms with van der Waals surface area (Å²) in [7, 11) is 0. The minimum atomic E-state index is 0.0586. The number of nitrogens with one attached hydrogen (secondary N) is 2. The van der Waals surface area contributed by atoms with Crippen molar-refractivity contribution in [3.8, 4) is 11.5 Å². The van der Waals surface area contributed by atoms with Gasteiger partial charge >= 0.3 is 0 Å². The van der Waals surface area contributed by atoms with Crippen LogP contribution >= 0.6 is 0 Å². The van der Waals surface area contributed by atoms with Crippen molar-refractivity contribution in [2.75, 3.05) is 31.6 Å². The number of rotatable bonds is 2. The number of carbonyl (C=O) groups excluding carboxylic acids is 1. The van der Waals surface area contributed by atoms with Gasteiger partial charge in [0.15, 0.2) is 11.5 Å². The summed E-state index contributed by atoms with van der Waals surface area (Å²) in [6.45, 7) is 2.84. The fraction of sp³-hybridized carbons (Fsp3) is 0.462. The van der Waals surface area contributed by atoms with Crippen LogP contribution in [0.2, 0.25) is 0 Å². The molecule has 96 valence electrons. The molecular weight excluding hydrogens is 232 g/mol. The Labute approximate surface area is 105 Å².